The lowest BCUT2D eigenvalue weighted by Crippen LogP contribution is -1.97. The molecule has 0 saturated heterocycles. The third-order valence-electron chi connectivity index (χ3n) is 2.88. The number of halogens is 1. The van der Waals surface area contributed by atoms with E-state index < -0.39 is 0 Å². The minimum absolute atomic E-state index is 0.612. The lowest BCUT2D eigenvalue weighted by Gasteiger charge is -2.05. The summed E-state index contributed by atoms with van der Waals surface area (Å²) in [7, 11) is 1.92. The zero-order chi connectivity index (χ0) is 12.7. The predicted molar refractivity (Wildman–Crippen MR) is 73.4 cm³/mol. The molecular weight excluding hydrogens is 248 g/mol. The molecule has 0 amide bonds. The molecule has 0 saturated carbocycles. The Morgan fingerprint density at radius 2 is 2.11 bits per heavy atom. The Morgan fingerprint density at radius 3 is 2.83 bits per heavy atom. The van der Waals surface area contributed by atoms with E-state index in [9.17, 15) is 0 Å². The molecule has 4 nitrogen and oxygen atoms in total. The summed E-state index contributed by atoms with van der Waals surface area (Å²) in [4.78, 5) is 8.86. The Bertz CT molecular complexity index is 733. The minimum Gasteiger partial charge on any atom is -0.398 e. The number of aromatic nitrogens is 3. The van der Waals surface area contributed by atoms with Crippen molar-refractivity contribution in [1.29, 1.82) is 0 Å². The number of hydrogen-bond acceptors (Lipinski definition) is 3. The smallest absolute Gasteiger partial charge is 0.159 e. The van der Waals surface area contributed by atoms with Gasteiger partial charge in [0.15, 0.2) is 5.65 Å². The first-order chi connectivity index (χ1) is 8.66. The van der Waals surface area contributed by atoms with Gasteiger partial charge in [0, 0.05) is 29.5 Å². The van der Waals surface area contributed by atoms with E-state index in [4.69, 9.17) is 17.3 Å². The maximum atomic E-state index is 5.99. The van der Waals surface area contributed by atoms with Crippen LogP contribution in [0, 0.1) is 0 Å². The lowest BCUT2D eigenvalue weighted by molar-refractivity contribution is 0.942. The molecule has 2 heterocycles. The Balaban J connectivity index is 2.28. The summed E-state index contributed by atoms with van der Waals surface area (Å²) < 4.78 is 1.93. The first kappa shape index (κ1) is 11.0. The van der Waals surface area contributed by atoms with Gasteiger partial charge in [0.1, 0.15) is 11.3 Å². The quantitative estimate of drug-likeness (QED) is 0.683. The van der Waals surface area contributed by atoms with E-state index in [1.807, 2.05) is 29.8 Å². The van der Waals surface area contributed by atoms with Gasteiger partial charge in [0.05, 0.1) is 0 Å². The molecule has 0 aliphatic rings. The fraction of sp³-hybridized carbons (Fsp3) is 0.0769. The Morgan fingerprint density at radius 1 is 1.28 bits per heavy atom. The van der Waals surface area contributed by atoms with E-state index >= 15 is 0 Å². The van der Waals surface area contributed by atoms with Crippen LogP contribution in [-0.2, 0) is 7.05 Å². The summed E-state index contributed by atoms with van der Waals surface area (Å²) in [6.45, 7) is 0. The van der Waals surface area contributed by atoms with Crippen molar-refractivity contribution >= 4 is 28.5 Å². The maximum Gasteiger partial charge on any atom is 0.159 e. The molecule has 0 fully saturated rings. The van der Waals surface area contributed by atoms with Crippen LogP contribution in [0.15, 0.2) is 36.5 Å². The van der Waals surface area contributed by atoms with Crippen molar-refractivity contribution < 1.29 is 0 Å². The molecule has 18 heavy (non-hydrogen) atoms. The highest BCUT2D eigenvalue weighted by molar-refractivity contribution is 6.31. The van der Waals surface area contributed by atoms with Crippen LogP contribution < -0.4 is 5.73 Å². The van der Waals surface area contributed by atoms with Crippen LogP contribution in [0.4, 0.5) is 5.69 Å². The lowest BCUT2D eigenvalue weighted by atomic mass is 10.1. The van der Waals surface area contributed by atoms with Gasteiger partial charge in [-0.2, -0.15) is 0 Å². The molecule has 0 radical (unpaired) electrons. The van der Waals surface area contributed by atoms with Crippen LogP contribution in [-0.4, -0.2) is 14.5 Å². The predicted octanol–water partition coefficient (Wildman–Crippen LogP) is 2.87. The molecule has 0 bridgehead atoms. The Hall–Kier alpha value is -2.07. The number of hydrogen-bond donors (Lipinski definition) is 1. The fourth-order valence-corrected chi connectivity index (χ4v) is 2.18. The van der Waals surface area contributed by atoms with Gasteiger partial charge < -0.3 is 10.3 Å². The molecule has 0 aliphatic heterocycles. The summed E-state index contributed by atoms with van der Waals surface area (Å²) in [6, 6.07) is 9.20. The minimum atomic E-state index is 0.612. The standard InChI is InChI=1S/C13H11ClN4/c1-18-12(9-5-4-8(14)7-10(9)15)17-11-3-2-6-16-13(11)18/h2-7H,15H2,1H3. The highest BCUT2D eigenvalue weighted by Crippen LogP contribution is 2.29. The number of aryl methyl sites for hydroxylation is 1. The number of fused-ring (bicyclic) bond motifs is 1. The first-order valence-electron chi connectivity index (χ1n) is 5.49. The Kier molecular flexibility index (Phi) is 2.45. The number of benzene rings is 1. The molecule has 0 spiro atoms. The van der Waals surface area contributed by atoms with Crippen molar-refractivity contribution in [1.82, 2.24) is 14.5 Å². The molecule has 2 N–H and O–H groups in total. The number of nitrogens with two attached hydrogens (primary N) is 1. The van der Waals surface area contributed by atoms with Crippen LogP contribution in [0.2, 0.25) is 5.02 Å². The maximum absolute atomic E-state index is 5.99. The second kappa shape index (κ2) is 3.99. The van der Waals surface area contributed by atoms with Gasteiger partial charge in [-0.1, -0.05) is 11.6 Å². The number of nitrogen functional groups attached to an aromatic ring is 1. The second-order valence-corrected chi connectivity index (χ2v) is 4.51. The van der Waals surface area contributed by atoms with E-state index in [2.05, 4.69) is 9.97 Å². The van der Waals surface area contributed by atoms with Crippen molar-refractivity contribution in [3.8, 4) is 11.4 Å². The van der Waals surface area contributed by atoms with Crippen LogP contribution >= 0.6 is 11.6 Å². The third-order valence-corrected chi connectivity index (χ3v) is 3.12. The second-order valence-electron chi connectivity index (χ2n) is 4.07. The molecule has 90 valence electrons. The van der Waals surface area contributed by atoms with Gasteiger partial charge in [0.25, 0.3) is 0 Å². The van der Waals surface area contributed by atoms with E-state index in [1.54, 1.807) is 18.3 Å². The van der Waals surface area contributed by atoms with Crippen molar-refractivity contribution in [2.45, 2.75) is 0 Å². The highest BCUT2D eigenvalue weighted by atomic mass is 35.5. The molecule has 0 aliphatic carbocycles. The van der Waals surface area contributed by atoms with E-state index in [0.29, 0.717) is 10.7 Å². The van der Waals surface area contributed by atoms with Crippen LogP contribution in [0.25, 0.3) is 22.6 Å². The van der Waals surface area contributed by atoms with E-state index in [1.165, 1.54) is 0 Å². The number of pyridine rings is 1. The monoisotopic (exact) mass is 258 g/mol. The van der Waals surface area contributed by atoms with Gasteiger partial charge in [0.2, 0.25) is 0 Å². The van der Waals surface area contributed by atoms with Crippen molar-refractivity contribution in [2.75, 3.05) is 5.73 Å². The van der Waals surface area contributed by atoms with E-state index in [0.717, 1.165) is 22.6 Å². The van der Waals surface area contributed by atoms with Gasteiger partial charge in [-0.05, 0) is 30.3 Å². The number of rotatable bonds is 1. The molecule has 3 aromatic rings. The van der Waals surface area contributed by atoms with Crippen molar-refractivity contribution in [3.63, 3.8) is 0 Å². The average molecular weight is 259 g/mol. The zero-order valence-electron chi connectivity index (χ0n) is 9.76. The summed E-state index contributed by atoms with van der Waals surface area (Å²) in [5, 5.41) is 0.619. The first-order valence-corrected chi connectivity index (χ1v) is 5.87. The number of anilines is 1. The summed E-state index contributed by atoms with van der Waals surface area (Å²) in [5.41, 5.74) is 9.15. The van der Waals surface area contributed by atoms with Crippen molar-refractivity contribution in [3.05, 3.63) is 41.6 Å². The molecule has 3 rings (SSSR count). The van der Waals surface area contributed by atoms with E-state index in [-0.39, 0.29) is 0 Å². The zero-order valence-corrected chi connectivity index (χ0v) is 10.5. The summed E-state index contributed by atoms with van der Waals surface area (Å²) in [5.74, 6) is 0.790. The normalized spacial score (nSPS) is 11.0. The van der Waals surface area contributed by atoms with Gasteiger partial charge in [-0.3, -0.25) is 0 Å². The Labute approximate surface area is 109 Å². The van der Waals surface area contributed by atoms with Gasteiger partial charge in [-0.15, -0.1) is 0 Å². The molecule has 0 atom stereocenters. The van der Waals surface area contributed by atoms with Gasteiger partial charge >= 0.3 is 0 Å². The average Bonchev–Trinajstić information content (AvgIpc) is 2.68. The largest absolute Gasteiger partial charge is 0.398 e. The molecule has 2 aromatic heterocycles. The fourth-order valence-electron chi connectivity index (χ4n) is 2.00. The number of nitrogens with zero attached hydrogens (tertiary/aromatic N) is 3. The molecular formula is C13H11ClN4. The van der Waals surface area contributed by atoms with Crippen LogP contribution in [0.3, 0.4) is 0 Å². The molecule has 1 aromatic carbocycles. The SMILES string of the molecule is Cn1c(-c2ccc(Cl)cc2N)nc2cccnc21. The third kappa shape index (κ3) is 1.62. The molecule has 0 unspecified atom stereocenters. The number of imidazole rings is 1. The molecule has 5 heteroatoms. The van der Waals surface area contributed by atoms with Gasteiger partial charge in [-0.25, -0.2) is 9.97 Å². The highest BCUT2D eigenvalue weighted by Gasteiger charge is 2.12. The summed E-state index contributed by atoms with van der Waals surface area (Å²) in [6.07, 6.45) is 1.75. The van der Waals surface area contributed by atoms with Crippen LogP contribution in [0.5, 0.6) is 0 Å². The summed E-state index contributed by atoms with van der Waals surface area (Å²) >= 11 is 5.90. The van der Waals surface area contributed by atoms with Crippen molar-refractivity contribution in [2.24, 2.45) is 7.05 Å². The topological polar surface area (TPSA) is 56.7 Å². The van der Waals surface area contributed by atoms with Crippen LogP contribution in [0.1, 0.15) is 0 Å².